The standard InChI is InChI=1S/C28H16Cl4O4/c29-13-1-5-17(21(31)9-13)25-27(19-11-15(33)3-7-23(19)35)26(18-6-2-14(30)10-22(18)32)28(25)20-12-16(34)4-8-24(20)36/h1-12,25-28H. The summed E-state index contributed by atoms with van der Waals surface area (Å²) in [6.45, 7) is 0. The molecule has 0 spiro atoms. The molecule has 0 aromatic heterocycles. The number of benzene rings is 2. The lowest BCUT2D eigenvalue weighted by Gasteiger charge is -2.54. The van der Waals surface area contributed by atoms with E-state index in [0.29, 0.717) is 31.2 Å². The fraction of sp³-hybridized carbons (Fsp3) is 0.143. The van der Waals surface area contributed by atoms with Crippen molar-refractivity contribution in [3.05, 3.63) is 115 Å². The van der Waals surface area contributed by atoms with Crippen LogP contribution in [-0.4, -0.2) is 23.1 Å². The molecule has 0 radical (unpaired) electrons. The van der Waals surface area contributed by atoms with E-state index in [2.05, 4.69) is 0 Å². The molecule has 5 rings (SSSR count). The van der Waals surface area contributed by atoms with Gasteiger partial charge >= 0.3 is 0 Å². The van der Waals surface area contributed by atoms with E-state index >= 15 is 0 Å². The topological polar surface area (TPSA) is 68.3 Å². The molecule has 8 heteroatoms. The maximum Gasteiger partial charge on any atom is 0.182 e. The summed E-state index contributed by atoms with van der Waals surface area (Å²) in [4.78, 5) is 50.7. The van der Waals surface area contributed by atoms with Crippen LogP contribution in [0.15, 0.2) is 84.0 Å². The molecule has 0 unspecified atom stereocenters. The highest BCUT2D eigenvalue weighted by Gasteiger charge is 2.57. The van der Waals surface area contributed by atoms with Crippen LogP contribution in [0, 0.1) is 11.8 Å². The number of halogens is 4. The highest BCUT2D eigenvalue weighted by atomic mass is 35.5. The van der Waals surface area contributed by atoms with Crippen LogP contribution in [0.4, 0.5) is 0 Å². The van der Waals surface area contributed by atoms with Crippen LogP contribution in [-0.2, 0) is 19.2 Å². The summed E-state index contributed by atoms with van der Waals surface area (Å²) >= 11 is 25.5. The van der Waals surface area contributed by atoms with Gasteiger partial charge in [0.2, 0.25) is 0 Å². The molecule has 0 heterocycles. The van der Waals surface area contributed by atoms with Crippen LogP contribution in [0.1, 0.15) is 23.0 Å². The van der Waals surface area contributed by atoms with Crippen molar-refractivity contribution >= 4 is 69.5 Å². The van der Waals surface area contributed by atoms with Gasteiger partial charge in [0.25, 0.3) is 0 Å². The fourth-order valence-electron chi connectivity index (χ4n) is 5.41. The third-order valence-electron chi connectivity index (χ3n) is 6.87. The molecule has 1 fully saturated rings. The Morgan fingerprint density at radius 1 is 0.500 bits per heavy atom. The Kier molecular flexibility index (Phi) is 6.65. The monoisotopic (exact) mass is 556 g/mol. The zero-order valence-electron chi connectivity index (χ0n) is 18.4. The Morgan fingerprint density at radius 3 is 1.25 bits per heavy atom. The molecule has 0 atom stereocenters. The van der Waals surface area contributed by atoms with Crippen LogP contribution < -0.4 is 0 Å². The second-order valence-corrected chi connectivity index (χ2v) is 10.5. The van der Waals surface area contributed by atoms with Gasteiger partial charge < -0.3 is 0 Å². The minimum atomic E-state index is -0.566. The minimum Gasteiger partial charge on any atom is -0.290 e. The van der Waals surface area contributed by atoms with Crippen molar-refractivity contribution in [1.29, 1.82) is 0 Å². The quantitative estimate of drug-likeness (QED) is 0.393. The van der Waals surface area contributed by atoms with Crippen molar-refractivity contribution in [2.75, 3.05) is 0 Å². The molecule has 2 aromatic carbocycles. The van der Waals surface area contributed by atoms with Crippen molar-refractivity contribution in [3.63, 3.8) is 0 Å². The molecule has 3 aliphatic rings. The van der Waals surface area contributed by atoms with Crippen molar-refractivity contribution in [2.45, 2.75) is 11.8 Å². The zero-order valence-corrected chi connectivity index (χ0v) is 21.4. The van der Waals surface area contributed by atoms with E-state index in [9.17, 15) is 19.2 Å². The summed E-state index contributed by atoms with van der Waals surface area (Å²) in [6, 6.07) is 9.99. The maximum atomic E-state index is 13.0. The number of ketones is 4. The molecule has 180 valence electrons. The van der Waals surface area contributed by atoms with Gasteiger partial charge in [-0.05, 0) is 71.8 Å². The molecular weight excluding hydrogens is 542 g/mol. The molecular formula is C28H16Cl4O4. The number of carbonyl (C=O) groups excluding carboxylic acids is 4. The minimum absolute atomic E-state index is 0.288. The summed E-state index contributed by atoms with van der Waals surface area (Å²) < 4.78 is 0. The lowest BCUT2D eigenvalue weighted by atomic mass is 9.47. The number of rotatable bonds is 4. The molecule has 3 aliphatic carbocycles. The Morgan fingerprint density at radius 2 is 0.889 bits per heavy atom. The van der Waals surface area contributed by atoms with Crippen LogP contribution in [0.2, 0.25) is 20.1 Å². The van der Waals surface area contributed by atoms with E-state index in [1.165, 1.54) is 36.5 Å². The average Bonchev–Trinajstić information content (AvgIpc) is 2.80. The molecule has 0 amide bonds. The predicted molar refractivity (Wildman–Crippen MR) is 140 cm³/mol. The number of carbonyl (C=O) groups is 4. The molecule has 2 aromatic rings. The molecule has 0 saturated heterocycles. The van der Waals surface area contributed by atoms with Gasteiger partial charge in [-0.2, -0.15) is 0 Å². The molecule has 36 heavy (non-hydrogen) atoms. The molecule has 4 nitrogen and oxygen atoms in total. The van der Waals surface area contributed by atoms with Gasteiger partial charge in [-0.15, -0.1) is 0 Å². The van der Waals surface area contributed by atoms with Crippen LogP contribution in [0.5, 0.6) is 0 Å². The summed E-state index contributed by atoms with van der Waals surface area (Å²) in [5.41, 5.74) is 1.86. The third kappa shape index (κ3) is 4.33. The van der Waals surface area contributed by atoms with E-state index < -0.39 is 23.7 Å². The van der Waals surface area contributed by atoms with Gasteiger partial charge in [-0.25, -0.2) is 0 Å². The zero-order chi connectivity index (χ0) is 25.7. The number of hydrogen-bond acceptors (Lipinski definition) is 4. The second kappa shape index (κ2) is 9.60. The first-order valence-corrected chi connectivity index (χ1v) is 12.5. The van der Waals surface area contributed by atoms with E-state index in [4.69, 9.17) is 46.4 Å². The van der Waals surface area contributed by atoms with E-state index in [1.807, 2.05) is 0 Å². The SMILES string of the molecule is O=C1C=CC(=O)C(C2C(c3ccc(Cl)cc3Cl)C(C3=CC(=O)C=CC3=O)C2c2ccc(Cl)cc2Cl)=C1. The fourth-order valence-corrected chi connectivity index (χ4v) is 6.48. The Bertz CT molecular complexity index is 1360. The Hall–Kier alpha value is -2.76. The second-order valence-electron chi connectivity index (χ2n) is 8.83. The Balaban J connectivity index is 1.76. The largest absolute Gasteiger partial charge is 0.290 e. The van der Waals surface area contributed by atoms with Crippen LogP contribution in [0.3, 0.4) is 0 Å². The van der Waals surface area contributed by atoms with Crippen molar-refractivity contribution in [3.8, 4) is 0 Å². The highest BCUT2D eigenvalue weighted by molar-refractivity contribution is 6.36. The predicted octanol–water partition coefficient (Wildman–Crippen LogP) is 6.68. The first-order chi connectivity index (χ1) is 17.2. The smallest absolute Gasteiger partial charge is 0.182 e. The van der Waals surface area contributed by atoms with Gasteiger partial charge in [0.15, 0.2) is 23.1 Å². The van der Waals surface area contributed by atoms with E-state index in [0.717, 1.165) is 0 Å². The van der Waals surface area contributed by atoms with Crippen LogP contribution >= 0.6 is 46.4 Å². The van der Waals surface area contributed by atoms with Gasteiger partial charge in [0.1, 0.15) is 0 Å². The summed E-state index contributed by atoms with van der Waals surface area (Å²) in [6.07, 6.45) is 7.55. The third-order valence-corrected chi connectivity index (χ3v) is 8.00. The molecule has 1 saturated carbocycles. The maximum absolute atomic E-state index is 13.0. The lowest BCUT2D eigenvalue weighted by molar-refractivity contribution is -0.116. The lowest BCUT2D eigenvalue weighted by Crippen LogP contribution is -2.48. The van der Waals surface area contributed by atoms with Gasteiger partial charge in [-0.1, -0.05) is 58.5 Å². The van der Waals surface area contributed by atoms with E-state index in [-0.39, 0.29) is 34.3 Å². The van der Waals surface area contributed by atoms with Crippen molar-refractivity contribution in [1.82, 2.24) is 0 Å². The first kappa shape index (κ1) is 24.9. The van der Waals surface area contributed by atoms with E-state index in [1.54, 1.807) is 36.4 Å². The average molecular weight is 558 g/mol. The molecule has 0 aliphatic heterocycles. The summed E-state index contributed by atoms with van der Waals surface area (Å²) in [5.74, 6) is -3.44. The van der Waals surface area contributed by atoms with Gasteiger partial charge in [0, 0.05) is 54.9 Å². The van der Waals surface area contributed by atoms with Gasteiger partial charge in [0.05, 0.1) is 0 Å². The molecule has 0 bridgehead atoms. The highest BCUT2D eigenvalue weighted by Crippen LogP contribution is 2.65. The van der Waals surface area contributed by atoms with Gasteiger partial charge in [-0.3, -0.25) is 19.2 Å². The Labute approximate surface area is 226 Å². The summed E-state index contributed by atoms with van der Waals surface area (Å²) in [7, 11) is 0. The normalized spacial score (nSPS) is 25.6. The van der Waals surface area contributed by atoms with Crippen molar-refractivity contribution in [2.24, 2.45) is 11.8 Å². The number of allylic oxidation sites excluding steroid dienone is 8. The summed E-state index contributed by atoms with van der Waals surface area (Å²) in [5, 5.41) is 1.54. The molecule has 0 N–H and O–H groups in total. The van der Waals surface area contributed by atoms with Crippen LogP contribution in [0.25, 0.3) is 0 Å². The number of hydrogen-bond donors (Lipinski definition) is 0. The van der Waals surface area contributed by atoms with Crippen molar-refractivity contribution < 1.29 is 19.2 Å². The first-order valence-electron chi connectivity index (χ1n) is 11.0.